The number of ketones is 1. The molecule has 0 unspecified atom stereocenters. The largest absolute Gasteiger partial charge is 0.462 e. The van der Waals surface area contributed by atoms with Gasteiger partial charge in [-0.25, -0.2) is 0 Å². The molecule has 9 heteroatoms. The van der Waals surface area contributed by atoms with Crippen LogP contribution in [0.15, 0.2) is 23.8 Å². The van der Waals surface area contributed by atoms with E-state index in [9.17, 15) is 14.4 Å². The number of carbonyl (C=O) groups excluding carboxylic acids is 3. The molecule has 0 spiro atoms. The van der Waals surface area contributed by atoms with E-state index in [1.54, 1.807) is 18.4 Å². The van der Waals surface area contributed by atoms with Gasteiger partial charge in [0.15, 0.2) is 10.9 Å². The Morgan fingerprint density at radius 2 is 1.86 bits per heavy atom. The standard InChI is InChI=1S/C34H46O8S/c1-18(25-16-32(7)29(3,4)41-33(39-25,42-32)17-27(37)43-8)34-26(40-34)15-23-28-22(10-12-31(23,34)6)30(5)11-9-21(36)13-20(30)14-24(28)38-19(2)35/h9,11,13,18,22-26,28H,10,12,14-17H2,1-8H3/t18-,22+,23+,24-,25-,26-,28-,30+,31+,32-,33+,34-/m1/s1. The molecular weight excluding hydrogens is 568 g/mol. The number of ether oxygens (including phenoxy) is 5. The topological polar surface area (TPSA) is 101 Å². The van der Waals surface area contributed by atoms with Gasteiger partial charge >= 0.3 is 5.97 Å². The average molecular weight is 615 g/mol. The first-order valence-electron chi connectivity index (χ1n) is 16.0. The second-order valence-corrected chi connectivity index (χ2v) is 16.3. The van der Waals surface area contributed by atoms with Gasteiger partial charge in [0.2, 0.25) is 0 Å². The van der Waals surface area contributed by atoms with Crippen LogP contribution >= 0.6 is 11.8 Å². The maximum Gasteiger partial charge on any atom is 0.302 e. The van der Waals surface area contributed by atoms with Crippen LogP contribution in [0.2, 0.25) is 0 Å². The average Bonchev–Trinajstić information content (AvgIpc) is 3.55. The molecule has 8 nitrogen and oxygen atoms in total. The minimum absolute atomic E-state index is 0.0136. The lowest BCUT2D eigenvalue weighted by Crippen LogP contribution is -2.60. The smallest absolute Gasteiger partial charge is 0.302 e. The molecule has 0 radical (unpaired) electrons. The number of fused-ring (bicyclic) bond motifs is 9. The van der Waals surface area contributed by atoms with Gasteiger partial charge in [-0.05, 0) is 70.3 Å². The van der Waals surface area contributed by atoms with Crippen molar-refractivity contribution in [2.24, 2.45) is 34.5 Å². The summed E-state index contributed by atoms with van der Waals surface area (Å²) < 4.78 is 32.5. The van der Waals surface area contributed by atoms with Gasteiger partial charge < -0.3 is 23.7 Å². The van der Waals surface area contributed by atoms with Crippen LogP contribution in [-0.4, -0.2) is 64.2 Å². The molecule has 0 aromatic carbocycles. The maximum atomic E-state index is 12.6. The summed E-state index contributed by atoms with van der Waals surface area (Å²) in [5.41, 5.74) is -0.915. The minimum atomic E-state index is -1.40. The third-order valence-corrected chi connectivity index (χ3v) is 13.8. The Balaban J connectivity index is 1.22. The molecule has 4 aliphatic carbocycles. The highest BCUT2D eigenvalue weighted by Gasteiger charge is 2.81. The van der Waals surface area contributed by atoms with Crippen LogP contribution in [0.3, 0.4) is 0 Å². The normalized spacial score (nSPS) is 51.0. The molecule has 3 heterocycles. The van der Waals surface area contributed by atoms with E-state index in [-0.39, 0.29) is 75.8 Å². The highest BCUT2D eigenvalue weighted by atomic mass is 32.2. The maximum absolute atomic E-state index is 12.6. The molecule has 3 aliphatic heterocycles. The summed E-state index contributed by atoms with van der Waals surface area (Å²) in [5, 5.41) is -0.0348. The van der Waals surface area contributed by atoms with E-state index in [2.05, 4.69) is 33.8 Å². The number of epoxide rings is 1. The zero-order valence-corrected chi connectivity index (χ0v) is 27.5. The van der Waals surface area contributed by atoms with Crippen molar-refractivity contribution in [3.63, 3.8) is 0 Å². The molecule has 0 aromatic rings. The highest BCUT2D eigenvalue weighted by molar-refractivity contribution is 8.13. The molecule has 43 heavy (non-hydrogen) atoms. The fourth-order valence-corrected chi connectivity index (χ4v) is 11.0. The fourth-order valence-electron chi connectivity index (χ4n) is 10.7. The lowest BCUT2D eigenvalue weighted by Gasteiger charge is -2.60. The van der Waals surface area contributed by atoms with E-state index in [4.69, 9.17) is 23.7 Å². The van der Waals surface area contributed by atoms with Crippen LogP contribution in [0.25, 0.3) is 0 Å². The number of esters is 1. The van der Waals surface area contributed by atoms with Crippen molar-refractivity contribution in [2.45, 2.75) is 128 Å². The molecule has 0 amide bonds. The number of carbonyl (C=O) groups is 3. The van der Waals surface area contributed by atoms with Gasteiger partial charge in [-0.15, -0.1) is 0 Å². The molecule has 0 aromatic heterocycles. The minimum Gasteiger partial charge on any atom is -0.462 e. The number of thioether (sulfide) groups is 1. The van der Waals surface area contributed by atoms with Crippen LogP contribution < -0.4 is 0 Å². The van der Waals surface area contributed by atoms with Gasteiger partial charge in [0.25, 0.3) is 5.97 Å². The first kappa shape index (κ1) is 30.2. The van der Waals surface area contributed by atoms with Gasteiger partial charge in [0.05, 0.1) is 24.2 Å². The Labute approximate surface area is 259 Å². The zero-order chi connectivity index (χ0) is 31.0. The van der Waals surface area contributed by atoms with E-state index < -0.39 is 17.2 Å². The third kappa shape index (κ3) is 4.00. The Kier molecular flexibility index (Phi) is 6.50. The molecule has 6 fully saturated rings. The van der Waals surface area contributed by atoms with E-state index in [0.717, 1.165) is 36.6 Å². The van der Waals surface area contributed by atoms with Gasteiger partial charge in [-0.1, -0.05) is 44.2 Å². The van der Waals surface area contributed by atoms with Gasteiger partial charge in [-0.3, -0.25) is 14.4 Å². The van der Waals surface area contributed by atoms with E-state index in [1.165, 1.54) is 6.92 Å². The summed E-state index contributed by atoms with van der Waals surface area (Å²) >= 11 is 1.16. The summed E-state index contributed by atoms with van der Waals surface area (Å²) in [5.74, 6) is -0.893. The number of rotatable bonds is 5. The second-order valence-electron chi connectivity index (χ2n) is 15.5. The molecule has 7 rings (SSSR count). The van der Waals surface area contributed by atoms with Crippen LogP contribution in [0.5, 0.6) is 0 Å². The van der Waals surface area contributed by atoms with E-state index >= 15 is 0 Å². The summed E-state index contributed by atoms with van der Waals surface area (Å²) in [6.07, 6.45) is 11.1. The predicted octanol–water partition coefficient (Wildman–Crippen LogP) is 5.53. The summed E-state index contributed by atoms with van der Waals surface area (Å²) in [7, 11) is 0. The van der Waals surface area contributed by atoms with E-state index in [1.807, 2.05) is 13.8 Å². The molecule has 236 valence electrons. The Morgan fingerprint density at radius 1 is 1.12 bits per heavy atom. The first-order chi connectivity index (χ1) is 20.0. The van der Waals surface area contributed by atoms with Gasteiger partial charge in [0.1, 0.15) is 17.3 Å². The van der Waals surface area contributed by atoms with Crippen molar-refractivity contribution in [3.05, 3.63) is 23.8 Å². The van der Waals surface area contributed by atoms with Crippen LogP contribution in [0.1, 0.15) is 87.0 Å². The monoisotopic (exact) mass is 614 g/mol. The quantitative estimate of drug-likeness (QED) is 0.292. The van der Waals surface area contributed by atoms with Crippen molar-refractivity contribution in [1.29, 1.82) is 0 Å². The van der Waals surface area contributed by atoms with Crippen LogP contribution in [0, 0.1) is 34.5 Å². The molecule has 3 saturated heterocycles. The Bertz CT molecular complexity index is 1340. The lowest BCUT2D eigenvalue weighted by atomic mass is 9.46. The third-order valence-electron chi connectivity index (χ3n) is 13.2. The summed E-state index contributed by atoms with van der Waals surface area (Å²) in [4.78, 5) is 37.4. The van der Waals surface area contributed by atoms with Gasteiger partial charge in [-0.2, -0.15) is 0 Å². The Morgan fingerprint density at radius 3 is 2.56 bits per heavy atom. The number of allylic oxidation sites excluding steroid dienone is 3. The van der Waals surface area contributed by atoms with Crippen LogP contribution in [-0.2, 0) is 38.1 Å². The Hall–Kier alpha value is -1.52. The SMILES string of the molecule is CSC(=O)C[C@@]12O[C@@H]([C@@H](C)[C@@]34O[C@@H]3C[C@H]3[C@@H]5[C@H](OC(C)=O)CC6=CC(=O)C=C[C@]6(C)[C@H]5CC[C@@]34C)C[C@@](C)(O1)C(C)(C)O2. The predicted molar refractivity (Wildman–Crippen MR) is 160 cm³/mol. The number of hydrogen-bond donors (Lipinski definition) is 0. The lowest BCUT2D eigenvalue weighted by molar-refractivity contribution is -0.393. The molecule has 12 atom stereocenters. The second kappa shape index (κ2) is 9.27. The fraction of sp³-hybridized carbons (Fsp3) is 0.794. The molecule has 0 N–H and O–H groups in total. The molecular formula is C34H46O8S. The molecule has 7 aliphatic rings. The van der Waals surface area contributed by atoms with E-state index in [0.29, 0.717) is 18.8 Å². The van der Waals surface area contributed by atoms with Crippen molar-refractivity contribution >= 4 is 28.6 Å². The molecule has 3 saturated carbocycles. The van der Waals surface area contributed by atoms with Crippen molar-refractivity contribution in [1.82, 2.24) is 0 Å². The zero-order valence-electron chi connectivity index (χ0n) is 26.7. The first-order valence-corrected chi connectivity index (χ1v) is 17.2. The number of hydrogen-bond acceptors (Lipinski definition) is 9. The van der Waals surface area contributed by atoms with Crippen LogP contribution in [0.4, 0.5) is 0 Å². The summed E-state index contributed by atoms with van der Waals surface area (Å²) in [6.45, 7) is 14.5. The van der Waals surface area contributed by atoms with Gasteiger partial charge in [0, 0.05) is 42.4 Å². The van der Waals surface area contributed by atoms with Crippen molar-refractivity contribution in [2.75, 3.05) is 6.26 Å². The van der Waals surface area contributed by atoms with Crippen molar-refractivity contribution < 1.29 is 38.1 Å². The molecule has 2 bridgehead atoms. The van der Waals surface area contributed by atoms with Crippen molar-refractivity contribution in [3.8, 4) is 0 Å². The summed E-state index contributed by atoms with van der Waals surface area (Å²) in [6, 6.07) is 0. The highest BCUT2D eigenvalue weighted by Crippen LogP contribution is 2.76.